The van der Waals surface area contributed by atoms with Crippen LogP contribution in [0.1, 0.15) is 51.0 Å². The Balaban J connectivity index is 2.14. The standard InChI is InChI=1S/C22H37N3O4/c1-5-23-21(25-16-22(11-12-26)9-7-6-8-10-22)24-15-17-13-19(28-3)20(29-4)14-18(17)27-2/h13-14,26H,5-12,15-16H2,1-4H3,(H2,23,24,25). The summed E-state index contributed by atoms with van der Waals surface area (Å²) in [4.78, 5) is 4.75. The second-order valence-electron chi connectivity index (χ2n) is 7.60. The molecule has 7 nitrogen and oxygen atoms in total. The average Bonchev–Trinajstić information content (AvgIpc) is 2.75. The molecule has 7 heteroatoms. The van der Waals surface area contributed by atoms with Crippen LogP contribution in [0.5, 0.6) is 17.2 Å². The molecule has 29 heavy (non-hydrogen) atoms. The molecule has 1 aromatic rings. The van der Waals surface area contributed by atoms with Crippen LogP contribution in [-0.4, -0.2) is 52.1 Å². The number of guanidine groups is 1. The Morgan fingerprint density at radius 2 is 1.66 bits per heavy atom. The van der Waals surface area contributed by atoms with E-state index in [9.17, 15) is 5.11 Å². The molecule has 1 aromatic carbocycles. The maximum absolute atomic E-state index is 9.54. The summed E-state index contributed by atoms with van der Waals surface area (Å²) in [6.07, 6.45) is 6.91. The SMILES string of the molecule is CCNC(=NCc1cc(OC)c(OC)cc1OC)NCC1(CCO)CCCCC1. The van der Waals surface area contributed by atoms with Crippen molar-refractivity contribution in [2.45, 2.75) is 52.0 Å². The van der Waals surface area contributed by atoms with Crippen LogP contribution in [0.3, 0.4) is 0 Å². The third kappa shape index (κ3) is 6.42. The third-order valence-corrected chi connectivity index (χ3v) is 5.73. The lowest BCUT2D eigenvalue weighted by molar-refractivity contribution is 0.131. The third-order valence-electron chi connectivity index (χ3n) is 5.73. The molecule has 0 spiro atoms. The summed E-state index contributed by atoms with van der Waals surface area (Å²) < 4.78 is 16.3. The maximum atomic E-state index is 9.54. The topological polar surface area (TPSA) is 84.3 Å². The molecule has 1 aliphatic carbocycles. The summed E-state index contributed by atoms with van der Waals surface area (Å²) in [6.45, 7) is 4.34. The van der Waals surface area contributed by atoms with Gasteiger partial charge in [0.25, 0.3) is 0 Å². The monoisotopic (exact) mass is 407 g/mol. The number of nitrogens with one attached hydrogen (secondary N) is 2. The van der Waals surface area contributed by atoms with E-state index in [1.165, 1.54) is 19.3 Å². The molecular weight excluding hydrogens is 370 g/mol. The van der Waals surface area contributed by atoms with Gasteiger partial charge in [0.05, 0.1) is 27.9 Å². The highest BCUT2D eigenvalue weighted by molar-refractivity contribution is 5.79. The van der Waals surface area contributed by atoms with Crippen LogP contribution in [0.25, 0.3) is 0 Å². The predicted octanol–water partition coefficient (Wildman–Crippen LogP) is 3.10. The number of aliphatic imine (C=N–C) groups is 1. The van der Waals surface area contributed by atoms with Crippen LogP contribution in [0.2, 0.25) is 0 Å². The zero-order chi connectivity index (χ0) is 21.1. The Bertz CT molecular complexity index is 652. The molecule has 0 radical (unpaired) electrons. The minimum atomic E-state index is 0.157. The number of hydrogen-bond acceptors (Lipinski definition) is 5. The predicted molar refractivity (Wildman–Crippen MR) is 116 cm³/mol. The minimum Gasteiger partial charge on any atom is -0.496 e. The lowest BCUT2D eigenvalue weighted by atomic mass is 9.72. The molecule has 0 amide bonds. The fourth-order valence-electron chi connectivity index (χ4n) is 4.05. The van der Waals surface area contributed by atoms with Gasteiger partial charge in [0.2, 0.25) is 0 Å². The Morgan fingerprint density at radius 3 is 2.24 bits per heavy atom. The first-order chi connectivity index (χ1) is 14.1. The summed E-state index contributed by atoms with van der Waals surface area (Å²) in [5, 5.41) is 16.4. The van der Waals surface area contributed by atoms with Crippen molar-refractivity contribution < 1.29 is 19.3 Å². The Morgan fingerprint density at radius 1 is 1.00 bits per heavy atom. The van der Waals surface area contributed by atoms with E-state index >= 15 is 0 Å². The first-order valence-corrected chi connectivity index (χ1v) is 10.5. The smallest absolute Gasteiger partial charge is 0.191 e. The first kappa shape index (κ1) is 23.1. The van der Waals surface area contributed by atoms with E-state index in [2.05, 4.69) is 17.6 Å². The fraction of sp³-hybridized carbons (Fsp3) is 0.682. The molecule has 2 rings (SSSR count). The molecular formula is C22H37N3O4. The van der Waals surface area contributed by atoms with E-state index in [1.807, 2.05) is 12.1 Å². The number of rotatable bonds is 10. The van der Waals surface area contributed by atoms with Gasteiger partial charge in [-0.2, -0.15) is 0 Å². The van der Waals surface area contributed by atoms with E-state index in [-0.39, 0.29) is 12.0 Å². The number of aliphatic hydroxyl groups is 1. The zero-order valence-electron chi connectivity index (χ0n) is 18.3. The van der Waals surface area contributed by atoms with Crippen LogP contribution in [0.15, 0.2) is 17.1 Å². The van der Waals surface area contributed by atoms with Gasteiger partial charge >= 0.3 is 0 Å². The molecule has 0 unspecified atom stereocenters. The lowest BCUT2D eigenvalue weighted by Crippen LogP contribution is -2.44. The fourth-order valence-corrected chi connectivity index (χ4v) is 4.05. The molecule has 0 bridgehead atoms. The van der Waals surface area contributed by atoms with Crippen LogP contribution in [0.4, 0.5) is 0 Å². The number of benzene rings is 1. The second kappa shape index (κ2) is 11.8. The van der Waals surface area contributed by atoms with Crippen molar-refractivity contribution in [3.63, 3.8) is 0 Å². The van der Waals surface area contributed by atoms with Gasteiger partial charge in [-0.25, -0.2) is 4.99 Å². The number of methoxy groups -OCH3 is 3. The zero-order valence-corrected chi connectivity index (χ0v) is 18.3. The molecule has 1 fully saturated rings. The van der Waals surface area contributed by atoms with Crippen molar-refractivity contribution in [1.82, 2.24) is 10.6 Å². The molecule has 0 saturated heterocycles. The second-order valence-corrected chi connectivity index (χ2v) is 7.60. The number of nitrogens with zero attached hydrogens (tertiary/aromatic N) is 1. The normalized spacial score (nSPS) is 16.2. The Labute approximate surface area is 174 Å². The van der Waals surface area contributed by atoms with Crippen molar-refractivity contribution in [3.8, 4) is 17.2 Å². The van der Waals surface area contributed by atoms with E-state index in [4.69, 9.17) is 19.2 Å². The summed E-state index contributed by atoms with van der Waals surface area (Å²) in [7, 11) is 4.86. The van der Waals surface area contributed by atoms with Gasteiger partial charge in [-0.3, -0.25) is 0 Å². The van der Waals surface area contributed by atoms with Gasteiger partial charge in [0.15, 0.2) is 17.5 Å². The minimum absolute atomic E-state index is 0.157. The highest BCUT2D eigenvalue weighted by atomic mass is 16.5. The molecule has 164 valence electrons. The van der Waals surface area contributed by atoms with Crippen molar-refractivity contribution in [3.05, 3.63) is 17.7 Å². The van der Waals surface area contributed by atoms with Crippen LogP contribution >= 0.6 is 0 Å². The number of aliphatic hydroxyl groups excluding tert-OH is 1. The van der Waals surface area contributed by atoms with Gasteiger partial charge in [-0.05, 0) is 37.7 Å². The molecule has 1 saturated carbocycles. The van der Waals surface area contributed by atoms with Gasteiger partial charge in [-0.1, -0.05) is 19.3 Å². The molecule has 0 aromatic heterocycles. The van der Waals surface area contributed by atoms with Crippen molar-refractivity contribution >= 4 is 5.96 Å². The van der Waals surface area contributed by atoms with Crippen LogP contribution < -0.4 is 24.8 Å². The lowest BCUT2D eigenvalue weighted by Gasteiger charge is -2.37. The van der Waals surface area contributed by atoms with Crippen LogP contribution in [-0.2, 0) is 6.54 Å². The van der Waals surface area contributed by atoms with Crippen molar-refractivity contribution in [2.24, 2.45) is 10.4 Å². The van der Waals surface area contributed by atoms with E-state index in [0.717, 1.165) is 43.9 Å². The summed E-state index contributed by atoms with van der Waals surface area (Å²) in [5.74, 6) is 2.77. The average molecular weight is 408 g/mol. The van der Waals surface area contributed by atoms with E-state index < -0.39 is 0 Å². The number of ether oxygens (including phenoxy) is 3. The highest BCUT2D eigenvalue weighted by Crippen LogP contribution is 2.38. The highest BCUT2D eigenvalue weighted by Gasteiger charge is 2.31. The van der Waals surface area contributed by atoms with Gasteiger partial charge < -0.3 is 30.0 Å². The molecule has 1 aliphatic rings. The molecule has 0 heterocycles. The van der Waals surface area contributed by atoms with Crippen LogP contribution in [0, 0.1) is 5.41 Å². The first-order valence-electron chi connectivity index (χ1n) is 10.5. The summed E-state index contributed by atoms with van der Waals surface area (Å²) in [5.41, 5.74) is 1.08. The molecule has 0 aliphatic heterocycles. The number of hydrogen-bond donors (Lipinski definition) is 3. The van der Waals surface area contributed by atoms with Crippen molar-refractivity contribution in [2.75, 3.05) is 41.0 Å². The maximum Gasteiger partial charge on any atom is 0.191 e. The largest absolute Gasteiger partial charge is 0.496 e. The molecule has 0 atom stereocenters. The van der Waals surface area contributed by atoms with Gasteiger partial charge in [0.1, 0.15) is 5.75 Å². The Kier molecular flexibility index (Phi) is 9.38. The van der Waals surface area contributed by atoms with E-state index in [0.29, 0.717) is 23.8 Å². The molecule has 3 N–H and O–H groups in total. The van der Waals surface area contributed by atoms with Crippen molar-refractivity contribution in [1.29, 1.82) is 0 Å². The Hall–Kier alpha value is -2.15. The summed E-state index contributed by atoms with van der Waals surface area (Å²) in [6, 6.07) is 3.72. The van der Waals surface area contributed by atoms with Gasteiger partial charge in [-0.15, -0.1) is 0 Å². The summed E-state index contributed by atoms with van der Waals surface area (Å²) >= 11 is 0. The quantitative estimate of drug-likeness (QED) is 0.408. The van der Waals surface area contributed by atoms with Gasteiger partial charge in [0, 0.05) is 31.3 Å². The van der Waals surface area contributed by atoms with E-state index in [1.54, 1.807) is 21.3 Å².